The molecule has 2 aromatic carbocycles. The van der Waals surface area contributed by atoms with Crippen molar-refractivity contribution in [3.05, 3.63) is 76.9 Å². The van der Waals surface area contributed by atoms with E-state index in [2.05, 4.69) is 62.4 Å². The van der Waals surface area contributed by atoms with Crippen LogP contribution in [0.4, 0.5) is 0 Å². The quantitative estimate of drug-likeness (QED) is 0.507. The maximum absolute atomic E-state index is 12.8. The molecule has 0 aromatic heterocycles. The lowest BCUT2D eigenvalue weighted by Crippen LogP contribution is -2.42. The first-order valence-corrected chi connectivity index (χ1v) is 12.1. The van der Waals surface area contributed by atoms with Crippen molar-refractivity contribution in [2.24, 2.45) is 17.3 Å². The van der Waals surface area contributed by atoms with Crippen molar-refractivity contribution < 1.29 is 9.53 Å². The summed E-state index contributed by atoms with van der Waals surface area (Å²) in [6, 6.07) is 17.2. The molecule has 0 heterocycles. The summed E-state index contributed by atoms with van der Waals surface area (Å²) in [6.07, 6.45) is 9.77. The molecule has 31 heavy (non-hydrogen) atoms. The van der Waals surface area contributed by atoms with Gasteiger partial charge in [-0.1, -0.05) is 56.3 Å². The average molecular weight is 415 g/mol. The highest BCUT2D eigenvalue weighted by molar-refractivity contribution is 5.97. The van der Waals surface area contributed by atoms with Gasteiger partial charge in [-0.05, 0) is 96.1 Å². The molecule has 3 aliphatic rings. The van der Waals surface area contributed by atoms with Crippen LogP contribution >= 0.6 is 0 Å². The van der Waals surface area contributed by atoms with Gasteiger partial charge in [-0.25, -0.2) is 0 Å². The predicted molar refractivity (Wildman–Crippen MR) is 125 cm³/mol. The molecule has 0 amide bonds. The van der Waals surface area contributed by atoms with Crippen molar-refractivity contribution in [2.45, 2.75) is 71.3 Å². The summed E-state index contributed by atoms with van der Waals surface area (Å²) in [7, 11) is 0. The molecular weight excluding hydrogens is 380 g/mol. The van der Waals surface area contributed by atoms with Gasteiger partial charge in [0.15, 0.2) is 5.78 Å². The summed E-state index contributed by atoms with van der Waals surface area (Å²) >= 11 is 0. The minimum Gasteiger partial charge on any atom is -0.489 e. The lowest BCUT2D eigenvalue weighted by Gasteiger charge is -2.50. The van der Waals surface area contributed by atoms with Crippen LogP contribution in [0.25, 0.3) is 0 Å². The first kappa shape index (κ1) is 20.5. The van der Waals surface area contributed by atoms with E-state index >= 15 is 0 Å². The Morgan fingerprint density at radius 3 is 2.77 bits per heavy atom. The Bertz CT molecular complexity index is 989. The van der Waals surface area contributed by atoms with E-state index < -0.39 is 0 Å². The Morgan fingerprint density at radius 2 is 1.97 bits per heavy atom. The Hall–Kier alpha value is -2.35. The molecule has 1 fully saturated rings. The summed E-state index contributed by atoms with van der Waals surface area (Å²) in [5, 5.41) is 0. The van der Waals surface area contributed by atoms with Gasteiger partial charge in [0.2, 0.25) is 0 Å². The SMILES string of the molecule is CCCC(=O)C1=CC[C@H]2[C@@H]3CCc4cc(OCc5ccccc5)ccc4[C@H]3CC[C@]12C. The molecule has 1 saturated carbocycles. The van der Waals surface area contributed by atoms with Crippen LogP contribution in [-0.2, 0) is 17.8 Å². The smallest absolute Gasteiger partial charge is 0.159 e. The molecule has 0 N–H and O–H groups in total. The number of Topliss-reactive ketones (excluding diaryl/α,β-unsaturated/α-hetero) is 1. The zero-order valence-corrected chi connectivity index (χ0v) is 18.9. The Labute approximate surface area is 186 Å². The number of ketones is 1. The van der Waals surface area contributed by atoms with Gasteiger partial charge < -0.3 is 4.74 Å². The number of rotatable bonds is 6. The molecule has 0 radical (unpaired) electrons. The van der Waals surface area contributed by atoms with Crippen molar-refractivity contribution in [2.75, 3.05) is 0 Å². The van der Waals surface area contributed by atoms with Gasteiger partial charge in [0, 0.05) is 6.42 Å². The van der Waals surface area contributed by atoms with E-state index in [-0.39, 0.29) is 5.41 Å². The normalized spacial score (nSPS) is 28.8. The molecule has 3 aliphatic carbocycles. The van der Waals surface area contributed by atoms with E-state index in [1.807, 2.05) is 6.07 Å². The van der Waals surface area contributed by atoms with E-state index in [0.29, 0.717) is 36.6 Å². The fourth-order valence-corrected chi connectivity index (χ4v) is 6.75. The largest absolute Gasteiger partial charge is 0.489 e. The number of benzene rings is 2. The maximum Gasteiger partial charge on any atom is 0.159 e. The first-order chi connectivity index (χ1) is 15.1. The number of fused-ring (bicyclic) bond motifs is 5. The highest BCUT2D eigenvalue weighted by Crippen LogP contribution is 2.61. The second kappa shape index (κ2) is 8.30. The molecule has 162 valence electrons. The molecule has 0 unspecified atom stereocenters. The van der Waals surface area contributed by atoms with Crippen LogP contribution in [-0.4, -0.2) is 5.78 Å². The number of aryl methyl sites for hydroxylation is 1. The van der Waals surface area contributed by atoms with Crippen LogP contribution in [0, 0.1) is 17.3 Å². The minimum atomic E-state index is 0.101. The number of ether oxygens (including phenoxy) is 1. The first-order valence-electron chi connectivity index (χ1n) is 12.1. The highest BCUT2D eigenvalue weighted by atomic mass is 16.5. The van der Waals surface area contributed by atoms with Crippen molar-refractivity contribution >= 4 is 5.78 Å². The molecule has 0 bridgehead atoms. The fourth-order valence-electron chi connectivity index (χ4n) is 6.75. The lowest BCUT2D eigenvalue weighted by atomic mass is 9.54. The minimum absolute atomic E-state index is 0.101. The monoisotopic (exact) mass is 414 g/mol. The summed E-state index contributed by atoms with van der Waals surface area (Å²) < 4.78 is 6.10. The molecule has 5 rings (SSSR count). The molecule has 4 atom stereocenters. The van der Waals surface area contributed by atoms with Crippen LogP contribution in [0.1, 0.15) is 75.0 Å². The third kappa shape index (κ3) is 3.64. The van der Waals surface area contributed by atoms with Crippen molar-refractivity contribution in [3.63, 3.8) is 0 Å². The standard InChI is InChI=1S/C29H34O2/c1-3-7-28(30)27-15-14-26-25-12-10-21-18-22(31-19-20-8-5-4-6-9-20)11-13-23(21)24(25)16-17-29(26,27)2/h4-6,8-9,11,13,15,18,24-26H,3,7,10,12,14,16-17,19H2,1-2H3/t24-,25-,26+,29+/m1/s1. The van der Waals surface area contributed by atoms with Crippen molar-refractivity contribution in [1.29, 1.82) is 0 Å². The van der Waals surface area contributed by atoms with Crippen molar-refractivity contribution in [3.8, 4) is 5.75 Å². The third-order valence-electron chi connectivity index (χ3n) is 8.30. The second-order valence-corrected chi connectivity index (χ2v) is 10.0. The average Bonchev–Trinajstić information content (AvgIpc) is 3.15. The Morgan fingerprint density at radius 1 is 1.13 bits per heavy atom. The summed E-state index contributed by atoms with van der Waals surface area (Å²) in [5.41, 5.74) is 5.48. The van der Waals surface area contributed by atoms with Gasteiger partial charge >= 0.3 is 0 Å². The summed E-state index contributed by atoms with van der Waals surface area (Å²) in [6.45, 7) is 5.11. The van der Waals surface area contributed by atoms with Gasteiger partial charge in [0.1, 0.15) is 12.4 Å². The van der Waals surface area contributed by atoms with Gasteiger partial charge in [0.25, 0.3) is 0 Å². The number of carbonyl (C=O) groups excluding carboxylic acids is 1. The Balaban J connectivity index is 1.32. The summed E-state index contributed by atoms with van der Waals surface area (Å²) in [4.78, 5) is 12.8. The molecule has 0 saturated heterocycles. The maximum atomic E-state index is 12.8. The molecule has 0 spiro atoms. The van der Waals surface area contributed by atoms with Crippen LogP contribution < -0.4 is 4.74 Å². The molecule has 0 aliphatic heterocycles. The van der Waals surface area contributed by atoms with Crippen LogP contribution in [0.2, 0.25) is 0 Å². The molecular formula is C29H34O2. The van der Waals surface area contributed by atoms with E-state index in [1.165, 1.54) is 24.0 Å². The number of hydrogen-bond donors (Lipinski definition) is 0. The third-order valence-corrected chi connectivity index (χ3v) is 8.30. The van der Waals surface area contributed by atoms with Crippen LogP contribution in [0.3, 0.4) is 0 Å². The number of carbonyl (C=O) groups is 1. The predicted octanol–water partition coefficient (Wildman–Crippen LogP) is 7.03. The van der Waals surface area contributed by atoms with Gasteiger partial charge in [-0.2, -0.15) is 0 Å². The second-order valence-electron chi connectivity index (χ2n) is 10.0. The number of hydrogen-bond acceptors (Lipinski definition) is 2. The zero-order chi connectivity index (χ0) is 21.4. The van der Waals surface area contributed by atoms with E-state index in [9.17, 15) is 4.79 Å². The zero-order valence-electron chi connectivity index (χ0n) is 18.9. The van der Waals surface area contributed by atoms with Gasteiger partial charge in [0.05, 0.1) is 0 Å². The fraction of sp³-hybridized carbons (Fsp3) is 0.483. The van der Waals surface area contributed by atoms with Crippen LogP contribution in [0.15, 0.2) is 60.2 Å². The molecule has 2 nitrogen and oxygen atoms in total. The number of allylic oxidation sites excluding steroid dienone is 2. The van der Waals surface area contributed by atoms with Gasteiger partial charge in [-0.15, -0.1) is 0 Å². The summed E-state index contributed by atoms with van der Waals surface area (Å²) in [5.74, 6) is 3.35. The van der Waals surface area contributed by atoms with Crippen LogP contribution in [0.5, 0.6) is 5.75 Å². The lowest BCUT2D eigenvalue weighted by molar-refractivity contribution is -0.117. The highest BCUT2D eigenvalue weighted by Gasteiger charge is 2.52. The van der Waals surface area contributed by atoms with E-state index in [4.69, 9.17) is 4.74 Å². The van der Waals surface area contributed by atoms with E-state index in [1.54, 1.807) is 5.56 Å². The van der Waals surface area contributed by atoms with Gasteiger partial charge in [-0.3, -0.25) is 4.79 Å². The Kier molecular flexibility index (Phi) is 5.50. The van der Waals surface area contributed by atoms with E-state index in [0.717, 1.165) is 37.0 Å². The molecule has 2 heteroatoms. The topological polar surface area (TPSA) is 26.3 Å². The van der Waals surface area contributed by atoms with Crippen molar-refractivity contribution in [1.82, 2.24) is 0 Å². The molecule has 2 aromatic rings.